The number of hydrogen-bond donors (Lipinski definition) is 1. The fourth-order valence-electron chi connectivity index (χ4n) is 3.13. The van der Waals surface area contributed by atoms with Crippen LogP contribution < -0.4 is 9.47 Å². The maximum absolute atomic E-state index is 14.3. The summed E-state index contributed by atoms with van der Waals surface area (Å²) in [6, 6.07) is 13.9. The monoisotopic (exact) mass is 414 g/mol. The van der Waals surface area contributed by atoms with E-state index in [2.05, 4.69) is 0 Å². The maximum Gasteiger partial charge on any atom is 0.306 e. The van der Waals surface area contributed by atoms with Gasteiger partial charge in [-0.3, -0.25) is 4.79 Å². The molecule has 0 heterocycles. The van der Waals surface area contributed by atoms with Crippen molar-refractivity contribution in [3.63, 3.8) is 0 Å². The molecule has 4 nitrogen and oxygen atoms in total. The van der Waals surface area contributed by atoms with Crippen LogP contribution in [0.4, 0.5) is 13.2 Å². The molecule has 1 aliphatic carbocycles. The summed E-state index contributed by atoms with van der Waals surface area (Å²) in [4.78, 5) is 10.9. The highest BCUT2D eigenvalue weighted by molar-refractivity contribution is 5.73. The number of carbonyl (C=O) groups is 1. The molecule has 1 N–H and O–H groups in total. The largest absolute Gasteiger partial charge is 0.493 e. The molecule has 0 spiro atoms. The standard InChI is InChI=1S/C23H17F3O4/c24-20-7-5-16(30-17-6-8-21(25)22(26)11-17)10-18(20)13-1-3-15(4-2-13)29-12-14-9-19(14)23(27)28/h1-8,10-11,14,19H,9,12H2,(H,27,28). The first kappa shape index (κ1) is 19.8. The van der Waals surface area contributed by atoms with Crippen molar-refractivity contribution in [2.75, 3.05) is 6.61 Å². The summed E-state index contributed by atoms with van der Waals surface area (Å²) in [5.41, 5.74) is 0.847. The lowest BCUT2D eigenvalue weighted by Gasteiger charge is -2.10. The summed E-state index contributed by atoms with van der Waals surface area (Å²) in [5.74, 6) is -2.69. The number of carboxylic acid groups (broad SMARTS) is 1. The average Bonchev–Trinajstić information content (AvgIpc) is 3.51. The van der Waals surface area contributed by atoms with Gasteiger partial charge in [0.1, 0.15) is 23.1 Å². The molecule has 0 aromatic heterocycles. The minimum Gasteiger partial charge on any atom is -0.493 e. The average molecular weight is 414 g/mol. The van der Waals surface area contributed by atoms with Gasteiger partial charge in [0.05, 0.1) is 12.5 Å². The molecule has 30 heavy (non-hydrogen) atoms. The third-order valence-corrected chi connectivity index (χ3v) is 4.93. The normalized spacial score (nSPS) is 17.4. The molecule has 0 aliphatic heterocycles. The number of halogens is 3. The van der Waals surface area contributed by atoms with Crippen LogP contribution in [0.1, 0.15) is 6.42 Å². The molecule has 0 radical (unpaired) electrons. The van der Waals surface area contributed by atoms with Crippen molar-refractivity contribution >= 4 is 5.97 Å². The molecule has 4 rings (SSSR count). The SMILES string of the molecule is O=C(O)C1CC1COc1ccc(-c2cc(Oc3ccc(F)c(F)c3)ccc2F)cc1. The van der Waals surface area contributed by atoms with Crippen LogP contribution in [0.15, 0.2) is 60.7 Å². The highest BCUT2D eigenvalue weighted by Gasteiger charge is 2.43. The predicted molar refractivity (Wildman–Crippen MR) is 103 cm³/mol. The van der Waals surface area contributed by atoms with Crippen LogP contribution >= 0.6 is 0 Å². The quantitative estimate of drug-likeness (QED) is 0.542. The highest BCUT2D eigenvalue weighted by atomic mass is 19.2. The van der Waals surface area contributed by atoms with Crippen LogP contribution in [-0.4, -0.2) is 17.7 Å². The van der Waals surface area contributed by atoms with Crippen molar-refractivity contribution in [3.05, 3.63) is 78.1 Å². The summed E-state index contributed by atoms with van der Waals surface area (Å²) in [6.07, 6.45) is 0.614. The van der Waals surface area contributed by atoms with E-state index in [1.54, 1.807) is 24.3 Å². The number of ether oxygens (including phenoxy) is 2. The molecule has 0 amide bonds. The van der Waals surface area contributed by atoms with Gasteiger partial charge in [-0.1, -0.05) is 12.1 Å². The zero-order chi connectivity index (χ0) is 21.3. The first-order chi connectivity index (χ1) is 14.4. The van der Waals surface area contributed by atoms with Gasteiger partial charge in [0.2, 0.25) is 0 Å². The zero-order valence-electron chi connectivity index (χ0n) is 15.6. The Hall–Kier alpha value is -3.48. The van der Waals surface area contributed by atoms with Gasteiger partial charge in [0, 0.05) is 17.5 Å². The Kier molecular flexibility index (Phi) is 5.35. The molecule has 154 valence electrons. The Balaban J connectivity index is 1.46. The van der Waals surface area contributed by atoms with Crippen LogP contribution in [0.2, 0.25) is 0 Å². The van der Waals surface area contributed by atoms with Gasteiger partial charge in [-0.25, -0.2) is 13.2 Å². The Morgan fingerprint density at radius 3 is 2.13 bits per heavy atom. The minimum atomic E-state index is -1.04. The van der Waals surface area contributed by atoms with E-state index >= 15 is 0 Å². The second-order valence-electron chi connectivity index (χ2n) is 7.10. The van der Waals surface area contributed by atoms with E-state index in [9.17, 15) is 18.0 Å². The summed E-state index contributed by atoms with van der Waals surface area (Å²) < 4.78 is 51.9. The van der Waals surface area contributed by atoms with E-state index in [0.717, 1.165) is 12.1 Å². The topological polar surface area (TPSA) is 55.8 Å². The van der Waals surface area contributed by atoms with Crippen molar-refractivity contribution in [2.24, 2.45) is 11.8 Å². The van der Waals surface area contributed by atoms with Crippen molar-refractivity contribution in [2.45, 2.75) is 6.42 Å². The molecule has 0 saturated heterocycles. The number of benzene rings is 3. The molecule has 0 bridgehead atoms. The van der Waals surface area contributed by atoms with Gasteiger partial charge in [-0.2, -0.15) is 0 Å². The molecule has 3 aromatic rings. The van der Waals surface area contributed by atoms with Crippen LogP contribution in [0.5, 0.6) is 17.2 Å². The van der Waals surface area contributed by atoms with Crippen LogP contribution in [0, 0.1) is 29.3 Å². The summed E-state index contributed by atoms with van der Waals surface area (Å²) >= 11 is 0. The van der Waals surface area contributed by atoms with Crippen molar-refractivity contribution in [3.8, 4) is 28.4 Å². The molecular weight excluding hydrogens is 397 g/mol. The van der Waals surface area contributed by atoms with E-state index in [1.165, 1.54) is 24.3 Å². The highest BCUT2D eigenvalue weighted by Crippen LogP contribution is 2.39. The Morgan fingerprint density at radius 2 is 1.50 bits per heavy atom. The molecule has 1 fully saturated rings. The Morgan fingerprint density at radius 1 is 0.867 bits per heavy atom. The van der Waals surface area contributed by atoms with Crippen molar-refractivity contribution < 1.29 is 32.5 Å². The van der Waals surface area contributed by atoms with E-state index in [0.29, 0.717) is 24.3 Å². The van der Waals surface area contributed by atoms with Gasteiger partial charge in [0.15, 0.2) is 11.6 Å². The lowest BCUT2D eigenvalue weighted by molar-refractivity contribution is -0.138. The van der Waals surface area contributed by atoms with Crippen LogP contribution in [0.25, 0.3) is 11.1 Å². The minimum absolute atomic E-state index is 0.0183. The molecular formula is C23H17F3O4. The summed E-state index contributed by atoms with van der Waals surface area (Å²) in [5, 5.41) is 8.91. The molecule has 3 aromatic carbocycles. The molecule has 1 saturated carbocycles. The first-order valence-electron chi connectivity index (χ1n) is 9.29. The first-order valence-corrected chi connectivity index (χ1v) is 9.29. The number of hydrogen-bond acceptors (Lipinski definition) is 3. The van der Waals surface area contributed by atoms with Gasteiger partial charge >= 0.3 is 5.97 Å². The third-order valence-electron chi connectivity index (χ3n) is 4.93. The number of rotatable bonds is 7. The van der Waals surface area contributed by atoms with Gasteiger partial charge in [0.25, 0.3) is 0 Å². The molecule has 2 unspecified atom stereocenters. The summed E-state index contributed by atoms with van der Waals surface area (Å²) in [7, 11) is 0. The smallest absolute Gasteiger partial charge is 0.306 e. The Bertz CT molecular complexity index is 1080. The number of aliphatic carboxylic acids is 1. The van der Waals surface area contributed by atoms with Gasteiger partial charge in [-0.15, -0.1) is 0 Å². The van der Waals surface area contributed by atoms with Crippen molar-refractivity contribution in [1.82, 2.24) is 0 Å². The van der Waals surface area contributed by atoms with Crippen molar-refractivity contribution in [1.29, 1.82) is 0 Å². The Labute approximate surface area is 170 Å². The number of carboxylic acids is 1. The maximum atomic E-state index is 14.3. The van der Waals surface area contributed by atoms with Crippen LogP contribution in [0.3, 0.4) is 0 Å². The van der Waals surface area contributed by atoms with E-state index < -0.39 is 23.4 Å². The van der Waals surface area contributed by atoms with Gasteiger partial charge in [-0.05, 0) is 54.4 Å². The lowest BCUT2D eigenvalue weighted by Crippen LogP contribution is -2.06. The fourth-order valence-corrected chi connectivity index (χ4v) is 3.13. The summed E-state index contributed by atoms with van der Waals surface area (Å²) in [6.45, 7) is 0.322. The molecule has 1 aliphatic rings. The van der Waals surface area contributed by atoms with E-state index in [-0.39, 0.29) is 28.9 Å². The fraction of sp³-hybridized carbons (Fsp3) is 0.174. The second kappa shape index (κ2) is 8.10. The zero-order valence-corrected chi connectivity index (χ0v) is 15.6. The van der Waals surface area contributed by atoms with Crippen LogP contribution in [-0.2, 0) is 4.79 Å². The lowest BCUT2D eigenvalue weighted by atomic mass is 10.0. The predicted octanol–water partition coefficient (Wildman–Crippen LogP) is 5.66. The second-order valence-corrected chi connectivity index (χ2v) is 7.10. The van der Waals surface area contributed by atoms with E-state index in [4.69, 9.17) is 14.6 Å². The van der Waals surface area contributed by atoms with Gasteiger partial charge < -0.3 is 14.6 Å². The molecule has 2 atom stereocenters. The molecule has 7 heteroatoms. The van der Waals surface area contributed by atoms with E-state index in [1.807, 2.05) is 0 Å². The third kappa shape index (κ3) is 4.40.